The summed E-state index contributed by atoms with van der Waals surface area (Å²) in [6.45, 7) is 13.3. The molecule has 0 aliphatic rings. The lowest BCUT2D eigenvalue weighted by atomic mass is 9.87. The summed E-state index contributed by atoms with van der Waals surface area (Å²) < 4.78 is 0. The van der Waals surface area contributed by atoms with Crippen LogP contribution in [0.5, 0.6) is 0 Å². The normalized spacial score (nSPS) is 13.2. The number of hydrogen-bond donors (Lipinski definition) is 0. The lowest BCUT2D eigenvalue weighted by molar-refractivity contribution is 0.589. The number of hydrogen-bond acceptors (Lipinski definition) is 1. The van der Waals surface area contributed by atoms with E-state index in [2.05, 4.69) is 64.7 Å². The molecule has 0 aromatic carbocycles. The van der Waals surface area contributed by atoms with Crippen molar-refractivity contribution in [3.8, 4) is 0 Å². The summed E-state index contributed by atoms with van der Waals surface area (Å²) in [5.74, 6) is 0.704. The Hall–Kier alpha value is -1.11. The maximum absolute atomic E-state index is 4.46. The molecule has 1 heteroatoms. The van der Waals surface area contributed by atoms with E-state index < -0.39 is 0 Å². The minimum Gasteiger partial charge on any atom is -0.257 e. The van der Waals surface area contributed by atoms with Gasteiger partial charge in [-0.1, -0.05) is 40.7 Å². The van der Waals surface area contributed by atoms with Crippen LogP contribution in [0.1, 0.15) is 59.2 Å². The molecule has 0 aliphatic heterocycles. The van der Waals surface area contributed by atoms with Crippen LogP contribution in [-0.2, 0) is 5.41 Å². The Balaban J connectivity index is 2.96. The summed E-state index contributed by atoms with van der Waals surface area (Å²) >= 11 is 0. The van der Waals surface area contributed by atoms with Crippen molar-refractivity contribution in [2.24, 2.45) is 5.92 Å². The molecule has 0 atom stereocenters. The molecule has 0 N–H and O–H groups in total. The molecule has 0 saturated carbocycles. The third-order valence-electron chi connectivity index (χ3n) is 2.93. The van der Waals surface area contributed by atoms with Crippen LogP contribution in [0.15, 0.2) is 24.4 Å². The molecule has 0 saturated heterocycles. The van der Waals surface area contributed by atoms with Crippen molar-refractivity contribution in [3.05, 3.63) is 35.7 Å². The molecule has 0 fully saturated rings. The highest BCUT2D eigenvalue weighted by Crippen LogP contribution is 2.24. The predicted molar refractivity (Wildman–Crippen MR) is 76.0 cm³/mol. The molecule has 1 nitrogen and oxygen atoms in total. The van der Waals surface area contributed by atoms with E-state index in [-0.39, 0.29) is 5.41 Å². The number of nitrogens with zero attached hydrogens (tertiary/aromatic N) is 1. The summed E-state index contributed by atoms with van der Waals surface area (Å²) in [5, 5.41) is 0. The molecule has 0 spiro atoms. The Morgan fingerprint density at radius 2 is 2.00 bits per heavy atom. The van der Waals surface area contributed by atoms with Gasteiger partial charge in [0.15, 0.2) is 0 Å². The third kappa shape index (κ3) is 4.33. The van der Waals surface area contributed by atoms with Gasteiger partial charge in [-0.3, -0.25) is 4.98 Å². The molecule has 1 heterocycles. The van der Waals surface area contributed by atoms with Crippen LogP contribution in [0.4, 0.5) is 0 Å². The Kier molecular flexibility index (Phi) is 4.50. The monoisotopic (exact) mass is 231 g/mol. The Bertz CT molecular complexity index is 394. The quantitative estimate of drug-likeness (QED) is 0.726. The van der Waals surface area contributed by atoms with Crippen molar-refractivity contribution in [3.63, 3.8) is 0 Å². The zero-order valence-corrected chi connectivity index (χ0v) is 12.0. The van der Waals surface area contributed by atoms with Crippen LogP contribution in [0.3, 0.4) is 0 Å². The van der Waals surface area contributed by atoms with E-state index in [1.807, 2.05) is 6.20 Å². The lowest BCUT2D eigenvalue weighted by Crippen LogP contribution is -2.11. The number of allylic oxidation sites excluding steroid dienone is 2. The molecule has 1 aromatic rings. The fourth-order valence-corrected chi connectivity index (χ4v) is 1.63. The van der Waals surface area contributed by atoms with Gasteiger partial charge < -0.3 is 0 Å². The smallest absolute Gasteiger partial charge is 0.0658 e. The average Bonchev–Trinajstić information content (AvgIpc) is 2.25. The SMILES string of the molecule is C/C(=C\CC(C)C)c1cc(C(C)(C)C)ccn1. The maximum Gasteiger partial charge on any atom is 0.0658 e. The molecule has 0 radical (unpaired) electrons. The van der Waals surface area contributed by atoms with Crippen LogP contribution < -0.4 is 0 Å². The minimum absolute atomic E-state index is 0.190. The van der Waals surface area contributed by atoms with Crippen LogP contribution in [0.25, 0.3) is 5.57 Å². The van der Waals surface area contributed by atoms with Crippen LogP contribution >= 0.6 is 0 Å². The van der Waals surface area contributed by atoms with E-state index in [1.165, 1.54) is 11.1 Å². The van der Waals surface area contributed by atoms with Crippen LogP contribution in [0, 0.1) is 5.92 Å². The Labute approximate surface area is 106 Å². The standard InChI is InChI=1S/C16H25N/c1-12(2)7-8-13(3)15-11-14(9-10-17-15)16(4,5)6/h8-12H,7H2,1-6H3/b13-8+. The summed E-state index contributed by atoms with van der Waals surface area (Å²) in [6.07, 6.45) is 5.33. The second kappa shape index (κ2) is 5.48. The zero-order valence-electron chi connectivity index (χ0n) is 12.0. The van der Waals surface area contributed by atoms with E-state index in [1.54, 1.807) is 0 Å². The largest absolute Gasteiger partial charge is 0.257 e. The first-order chi connectivity index (χ1) is 7.80. The van der Waals surface area contributed by atoms with Gasteiger partial charge in [0.25, 0.3) is 0 Å². The summed E-state index contributed by atoms with van der Waals surface area (Å²) in [5.41, 5.74) is 3.93. The number of rotatable bonds is 3. The second-order valence-corrected chi connectivity index (χ2v) is 6.20. The molecule has 0 aliphatic carbocycles. The van der Waals surface area contributed by atoms with Gasteiger partial charge in [-0.2, -0.15) is 0 Å². The number of aromatic nitrogens is 1. The second-order valence-electron chi connectivity index (χ2n) is 6.20. The fourth-order valence-electron chi connectivity index (χ4n) is 1.63. The third-order valence-corrected chi connectivity index (χ3v) is 2.93. The van der Waals surface area contributed by atoms with E-state index >= 15 is 0 Å². The van der Waals surface area contributed by atoms with E-state index in [4.69, 9.17) is 0 Å². The van der Waals surface area contributed by atoms with Crippen LogP contribution in [0.2, 0.25) is 0 Å². The molecule has 17 heavy (non-hydrogen) atoms. The highest BCUT2D eigenvalue weighted by atomic mass is 14.7. The topological polar surface area (TPSA) is 12.9 Å². The molecule has 1 rings (SSSR count). The highest BCUT2D eigenvalue weighted by molar-refractivity contribution is 5.61. The van der Waals surface area contributed by atoms with Gasteiger partial charge in [0.2, 0.25) is 0 Å². The first-order valence-electron chi connectivity index (χ1n) is 6.44. The van der Waals surface area contributed by atoms with Crippen molar-refractivity contribution in [1.29, 1.82) is 0 Å². The minimum atomic E-state index is 0.190. The molecule has 0 bridgehead atoms. The van der Waals surface area contributed by atoms with Gasteiger partial charge >= 0.3 is 0 Å². The molecule has 0 unspecified atom stereocenters. The number of pyridine rings is 1. The zero-order chi connectivity index (χ0) is 13.1. The van der Waals surface area contributed by atoms with Gasteiger partial charge in [0, 0.05) is 6.20 Å². The van der Waals surface area contributed by atoms with Crippen molar-refractivity contribution < 1.29 is 0 Å². The van der Waals surface area contributed by atoms with E-state index in [9.17, 15) is 0 Å². The van der Waals surface area contributed by atoms with Crippen molar-refractivity contribution >= 4 is 5.57 Å². The van der Waals surface area contributed by atoms with Gasteiger partial charge in [-0.05, 0) is 47.9 Å². The average molecular weight is 231 g/mol. The molecular weight excluding hydrogens is 206 g/mol. The summed E-state index contributed by atoms with van der Waals surface area (Å²) in [7, 11) is 0. The summed E-state index contributed by atoms with van der Waals surface area (Å²) in [4.78, 5) is 4.46. The molecule has 94 valence electrons. The maximum atomic E-state index is 4.46. The van der Waals surface area contributed by atoms with Crippen LogP contribution in [-0.4, -0.2) is 4.98 Å². The Morgan fingerprint density at radius 1 is 1.35 bits per heavy atom. The predicted octanol–water partition coefficient (Wildman–Crippen LogP) is 4.83. The molecule has 0 amide bonds. The molecular formula is C16H25N. The van der Waals surface area contributed by atoms with Gasteiger partial charge in [0.05, 0.1) is 5.69 Å². The van der Waals surface area contributed by atoms with E-state index in [0.29, 0.717) is 5.92 Å². The van der Waals surface area contributed by atoms with Gasteiger partial charge in [0.1, 0.15) is 0 Å². The van der Waals surface area contributed by atoms with E-state index in [0.717, 1.165) is 12.1 Å². The highest BCUT2D eigenvalue weighted by Gasteiger charge is 2.14. The van der Waals surface area contributed by atoms with Crippen molar-refractivity contribution in [2.75, 3.05) is 0 Å². The first kappa shape index (κ1) is 14.0. The van der Waals surface area contributed by atoms with Crippen molar-refractivity contribution in [1.82, 2.24) is 4.98 Å². The van der Waals surface area contributed by atoms with Gasteiger partial charge in [-0.15, -0.1) is 0 Å². The molecule has 1 aromatic heterocycles. The summed E-state index contributed by atoms with van der Waals surface area (Å²) in [6, 6.07) is 4.32. The van der Waals surface area contributed by atoms with Crippen molar-refractivity contribution in [2.45, 2.75) is 53.4 Å². The first-order valence-corrected chi connectivity index (χ1v) is 6.44. The fraction of sp³-hybridized carbons (Fsp3) is 0.562. The Morgan fingerprint density at radius 3 is 2.53 bits per heavy atom. The lowest BCUT2D eigenvalue weighted by Gasteiger charge is -2.19. The van der Waals surface area contributed by atoms with Gasteiger partial charge in [-0.25, -0.2) is 0 Å².